The molecule has 0 aliphatic carbocycles. The van der Waals surface area contributed by atoms with E-state index in [2.05, 4.69) is 20.4 Å². The van der Waals surface area contributed by atoms with Gasteiger partial charge < -0.3 is 21.5 Å². The molecule has 25 heavy (non-hydrogen) atoms. The van der Waals surface area contributed by atoms with Crippen LogP contribution in [0.1, 0.15) is 30.7 Å². The summed E-state index contributed by atoms with van der Waals surface area (Å²) in [6, 6.07) is 0.627. The van der Waals surface area contributed by atoms with Gasteiger partial charge in [0.1, 0.15) is 5.01 Å². The maximum absolute atomic E-state index is 12.6. The smallest absolute Gasteiger partial charge is 0.224 e. The monoisotopic (exact) mass is 368 g/mol. The number of anilines is 1. The molecule has 1 aromatic rings. The van der Waals surface area contributed by atoms with Crippen LogP contribution in [-0.4, -0.2) is 65.9 Å². The van der Waals surface area contributed by atoms with Crippen molar-refractivity contribution in [3.63, 3.8) is 0 Å². The molecule has 140 valence electrons. The van der Waals surface area contributed by atoms with E-state index in [0.717, 1.165) is 57.0 Å². The van der Waals surface area contributed by atoms with Gasteiger partial charge in [0, 0.05) is 51.4 Å². The predicted molar refractivity (Wildman–Crippen MR) is 97.1 cm³/mol. The zero-order valence-corrected chi connectivity index (χ0v) is 15.3. The van der Waals surface area contributed by atoms with Crippen molar-refractivity contribution in [3.8, 4) is 0 Å². The Labute approximate surface area is 152 Å². The Morgan fingerprint density at radius 3 is 2.76 bits per heavy atom. The number of nitrogens with zero attached hydrogens (tertiary/aromatic N) is 3. The van der Waals surface area contributed by atoms with Crippen LogP contribution in [0.15, 0.2) is 0 Å². The molecule has 0 spiro atoms. The Hall–Kier alpha value is -1.29. The SMILES string of the molecule is Nc1nnc(CCNC(=O)[C@@H]2CC[C@H](N)CN(C3CCOCC3)C2)s1. The summed E-state index contributed by atoms with van der Waals surface area (Å²) in [5.74, 6) is 0.111. The Kier molecular flexibility index (Phi) is 6.57. The molecule has 0 saturated carbocycles. The number of aromatic nitrogens is 2. The zero-order valence-electron chi connectivity index (χ0n) is 14.5. The molecular weight excluding hydrogens is 340 g/mol. The van der Waals surface area contributed by atoms with Crippen molar-refractivity contribution in [2.24, 2.45) is 11.7 Å². The first kappa shape index (κ1) is 18.5. The van der Waals surface area contributed by atoms with Crippen molar-refractivity contribution in [1.82, 2.24) is 20.4 Å². The summed E-state index contributed by atoms with van der Waals surface area (Å²) >= 11 is 1.37. The van der Waals surface area contributed by atoms with Crippen LogP contribution in [0.2, 0.25) is 0 Å². The van der Waals surface area contributed by atoms with Gasteiger partial charge in [0.25, 0.3) is 0 Å². The number of rotatable bonds is 5. The van der Waals surface area contributed by atoms with E-state index in [1.54, 1.807) is 0 Å². The number of hydrogen-bond donors (Lipinski definition) is 3. The lowest BCUT2D eigenvalue weighted by Crippen LogP contribution is -2.47. The van der Waals surface area contributed by atoms with Gasteiger partial charge in [0.2, 0.25) is 11.0 Å². The van der Waals surface area contributed by atoms with Crippen LogP contribution >= 0.6 is 11.3 Å². The van der Waals surface area contributed by atoms with Gasteiger partial charge >= 0.3 is 0 Å². The molecule has 3 rings (SSSR count). The van der Waals surface area contributed by atoms with Crippen molar-refractivity contribution in [2.75, 3.05) is 38.6 Å². The van der Waals surface area contributed by atoms with Gasteiger partial charge in [-0.1, -0.05) is 11.3 Å². The lowest BCUT2D eigenvalue weighted by molar-refractivity contribution is -0.125. The third-order valence-electron chi connectivity index (χ3n) is 5.01. The third-order valence-corrected chi connectivity index (χ3v) is 5.82. The quantitative estimate of drug-likeness (QED) is 0.669. The molecule has 0 radical (unpaired) electrons. The molecule has 0 unspecified atom stereocenters. The highest BCUT2D eigenvalue weighted by atomic mass is 32.1. The number of hydrogen-bond acceptors (Lipinski definition) is 8. The standard InChI is InChI=1S/C16H28N6O2S/c17-12-2-1-11(9-22(10-12)13-4-7-24-8-5-13)15(23)19-6-3-14-20-21-16(18)25-14/h11-13H,1-10,17H2,(H2,18,21)(H,19,23)/t11-,12+/m1/s1. The van der Waals surface area contributed by atoms with Crippen molar-refractivity contribution in [3.05, 3.63) is 5.01 Å². The van der Waals surface area contributed by atoms with E-state index in [0.29, 0.717) is 24.1 Å². The lowest BCUT2D eigenvalue weighted by atomic mass is 10.0. The highest BCUT2D eigenvalue weighted by Gasteiger charge is 2.31. The Morgan fingerprint density at radius 2 is 2.04 bits per heavy atom. The van der Waals surface area contributed by atoms with Gasteiger partial charge in [-0.15, -0.1) is 10.2 Å². The minimum absolute atomic E-state index is 0.00381. The summed E-state index contributed by atoms with van der Waals surface area (Å²) in [4.78, 5) is 15.0. The van der Waals surface area contributed by atoms with Gasteiger partial charge in [0.15, 0.2) is 0 Å². The molecule has 0 bridgehead atoms. The molecule has 3 heterocycles. The van der Waals surface area contributed by atoms with Gasteiger partial charge in [0.05, 0.1) is 5.92 Å². The summed E-state index contributed by atoms with van der Waals surface area (Å²) in [6.07, 6.45) is 4.46. The Morgan fingerprint density at radius 1 is 1.24 bits per heavy atom. The second kappa shape index (κ2) is 8.88. The molecule has 1 aromatic heterocycles. The summed E-state index contributed by atoms with van der Waals surface area (Å²) < 4.78 is 5.46. The van der Waals surface area contributed by atoms with E-state index in [1.165, 1.54) is 11.3 Å². The maximum Gasteiger partial charge on any atom is 0.224 e. The normalized spacial score (nSPS) is 26.3. The number of carbonyl (C=O) groups excluding carboxylic acids is 1. The molecule has 2 saturated heterocycles. The van der Waals surface area contributed by atoms with Crippen LogP contribution in [0.25, 0.3) is 0 Å². The fraction of sp³-hybridized carbons (Fsp3) is 0.812. The van der Waals surface area contributed by atoms with Crippen molar-refractivity contribution in [1.29, 1.82) is 0 Å². The topological polar surface area (TPSA) is 119 Å². The third kappa shape index (κ3) is 5.34. The summed E-state index contributed by atoms with van der Waals surface area (Å²) in [5.41, 5.74) is 11.8. The fourth-order valence-corrected chi connectivity index (χ4v) is 4.23. The van der Waals surface area contributed by atoms with E-state index < -0.39 is 0 Å². The molecule has 2 aliphatic heterocycles. The number of nitrogen functional groups attached to an aromatic ring is 1. The van der Waals surface area contributed by atoms with E-state index in [9.17, 15) is 4.79 Å². The van der Waals surface area contributed by atoms with Crippen LogP contribution in [0.5, 0.6) is 0 Å². The average Bonchev–Trinajstić information content (AvgIpc) is 2.92. The second-order valence-corrected chi connectivity index (χ2v) is 8.00. The Balaban J connectivity index is 1.51. The zero-order chi connectivity index (χ0) is 17.6. The fourth-order valence-electron chi connectivity index (χ4n) is 3.62. The van der Waals surface area contributed by atoms with E-state index in [4.69, 9.17) is 16.2 Å². The minimum atomic E-state index is -0.00381. The van der Waals surface area contributed by atoms with Crippen molar-refractivity contribution < 1.29 is 9.53 Å². The average molecular weight is 369 g/mol. The van der Waals surface area contributed by atoms with Crippen LogP contribution in [-0.2, 0) is 16.0 Å². The van der Waals surface area contributed by atoms with Crippen molar-refractivity contribution >= 4 is 22.4 Å². The molecule has 2 fully saturated rings. The molecule has 2 aliphatic rings. The Bertz CT molecular complexity index is 563. The molecule has 9 heteroatoms. The number of carbonyl (C=O) groups is 1. The maximum atomic E-state index is 12.6. The van der Waals surface area contributed by atoms with E-state index in [1.807, 2.05) is 0 Å². The number of nitrogens with two attached hydrogens (primary N) is 2. The van der Waals surface area contributed by atoms with Crippen LogP contribution in [0.4, 0.5) is 5.13 Å². The van der Waals surface area contributed by atoms with E-state index in [-0.39, 0.29) is 17.9 Å². The minimum Gasteiger partial charge on any atom is -0.381 e. The first-order valence-corrected chi connectivity index (χ1v) is 9.86. The molecule has 2 atom stereocenters. The summed E-state index contributed by atoms with van der Waals surface area (Å²) in [7, 11) is 0. The van der Waals surface area contributed by atoms with Crippen LogP contribution < -0.4 is 16.8 Å². The second-order valence-electron chi connectivity index (χ2n) is 6.91. The van der Waals surface area contributed by atoms with Crippen LogP contribution in [0, 0.1) is 5.92 Å². The number of amides is 1. The summed E-state index contributed by atoms with van der Waals surface area (Å²) in [5, 5.41) is 12.1. The van der Waals surface area contributed by atoms with Gasteiger partial charge in [-0.25, -0.2) is 0 Å². The van der Waals surface area contributed by atoms with Gasteiger partial charge in [-0.05, 0) is 25.7 Å². The van der Waals surface area contributed by atoms with Gasteiger partial charge in [-0.2, -0.15) is 0 Å². The molecule has 1 amide bonds. The predicted octanol–water partition coefficient (Wildman–Crippen LogP) is -0.00270. The summed E-state index contributed by atoms with van der Waals surface area (Å²) in [6.45, 7) is 3.83. The van der Waals surface area contributed by atoms with Gasteiger partial charge in [-0.3, -0.25) is 9.69 Å². The molecular formula is C16H28N6O2S. The lowest BCUT2D eigenvalue weighted by Gasteiger charge is -2.35. The first-order valence-electron chi connectivity index (χ1n) is 9.04. The first-order chi connectivity index (χ1) is 12.1. The largest absolute Gasteiger partial charge is 0.381 e. The number of ether oxygens (including phenoxy) is 1. The van der Waals surface area contributed by atoms with Crippen LogP contribution in [0.3, 0.4) is 0 Å². The highest BCUT2D eigenvalue weighted by molar-refractivity contribution is 7.15. The molecule has 0 aromatic carbocycles. The number of likely N-dealkylation sites (tertiary alicyclic amines) is 1. The molecule has 5 N–H and O–H groups in total. The van der Waals surface area contributed by atoms with E-state index >= 15 is 0 Å². The number of nitrogens with one attached hydrogen (secondary N) is 1. The highest BCUT2D eigenvalue weighted by Crippen LogP contribution is 2.22. The van der Waals surface area contributed by atoms with Crippen molar-refractivity contribution in [2.45, 2.75) is 44.2 Å². The molecule has 8 nitrogen and oxygen atoms in total.